The van der Waals surface area contributed by atoms with Crippen molar-refractivity contribution in [1.29, 1.82) is 0 Å². The van der Waals surface area contributed by atoms with E-state index in [-0.39, 0.29) is 11.3 Å². The molecule has 34 heavy (non-hydrogen) atoms. The molecule has 0 spiro atoms. The SMILES string of the molecule is CC(C)c1ccc([C@](O)(c2cncc(-c3noc(C4CCCOC4)n3)c2)C2(C)CN(C)C2)cc1. The summed E-state index contributed by atoms with van der Waals surface area (Å²) >= 11 is 0. The first-order valence-corrected chi connectivity index (χ1v) is 12.2. The number of benzene rings is 1. The number of pyridine rings is 1. The molecule has 1 N–H and O–H groups in total. The molecule has 2 fully saturated rings. The average Bonchev–Trinajstić information content (AvgIpc) is 3.34. The minimum atomic E-state index is -1.21. The molecule has 0 radical (unpaired) electrons. The lowest BCUT2D eigenvalue weighted by Crippen LogP contribution is -2.63. The van der Waals surface area contributed by atoms with Crippen LogP contribution in [0.5, 0.6) is 0 Å². The predicted molar refractivity (Wildman–Crippen MR) is 129 cm³/mol. The van der Waals surface area contributed by atoms with Crippen molar-refractivity contribution in [2.24, 2.45) is 5.41 Å². The van der Waals surface area contributed by atoms with Gasteiger partial charge in [-0.1, -0.05) is 50.2 Å². The lowest BCUT2D eigenvalue weighted by Gasteiger charge is -2.55. The highest BCUT2D eigenvalue weighted by Gasteiger charge is 2.55. The normalized spacial score (nSPS) is 22.4. The molecule has 2 aliphatic rings. The zero-order valence-electron chi connectivity index (χ0n) is 20.5. The quantitative estimate of drug-likeness (QED) is 0.583. The van der Waals surface area contributed by atoms with E-state index in [2.05, 4.69) is 72.1 Å². The number of likely N-dealkylation sites (tertiary alicyclic amines) is 1. The van der Waals surface area contributed by atoms with Gasteiger partial charge in [-0.05, 0) is 43.0 Å². The Morgan fingerprint density at radius 3 is 2.56 bits per heavy atom. The van der Waals surface area contributed by atoms with Crippen LogP contribution in [-0.2, 0) is 10.3 Å². The van der Waals surface area contributed by atoms with Crippen LogP contribution in [0, 0.1) is 5.41 Å². The molecule has 7 heteroatoms. The lowest BCUT2D eigenvalue weighted by molar-refractivity contribution is -0.127. The van der Waals surface area contributed by atoms with Crippen molar-refractivity contribution in [3.8, 4) is 11.4 Å². The molecule has 2 aliphatic heterocycles. The maximum absolute atomic E-state index is 12.4. The van der Waals surface area contributed by atoms with Crippen molar-refractivity contribution in [1.82, 2.24) is 20.0 Å². The molecule has 5 rings (SSSR count). The van der Waals surface area contributed by atoms with Gasteiger partial charge in [0.1, 0.15) is 5.60 Å². The fraction of sp³-hybridized carbons (Fsp3) is 0.519. The highest BCUT2D eigenvalue weighted by molar-refractivity contribution is 5.56. The van der Waals surface area contributed by atoms with E-state index in [4.69, 9.17) is 9.26 Å². The van der Waals surface area contributed by atoms with Crippen molar-refractivity contribution >= 4 is 0 Å². The second-order valence-corrected chi connectivity index (χ2v) is 10.6. The van der Waals surface area contributed by atoms with E-state index >= 15 is 0 Å². The van der Waals surface area contributed by atoms with E-state index < -0.39 is 5.60 Å². The van der Waals surface area contributed by atoms with Gasteiger partial charge >= 0.3 is 0 Å². The molecule has 2 aromatic heterocycles. The Labute approximate surface area is 201 Å². The Hall–Kier alpha value is -2.61. The summed E-state index contributed by atoms with van der Waals surface area (Å²) in [5.74, 6) is 1.65. The standard InChI is InChI=1S/C27H34N4O3/c1-18(2)19-7-9-22(10-8-19)27(32,26(3)16-31(4)17-26)23-12-21(13-28-14-23)24-29-25(34-30-24)20-6-5-11-33-15-20/h7-10,12-14,18,20,32H,5-6,11,15-17H2,1-4H3/t20?,27-/m0/s1. The first kappa shape index (κ1) is 23.1. The topological polar surface area (TPSA) is 84.5 Å². The zero-order valence-corrected chi connectivity index (χ0v) is 20.5. The number of hydrogen-bond acceptors (Lipinski definition) is 7. The van der Waals surface area contributed by atoms with E-state index in [1.807, 2.05) is 6.07 Å². The van der Waals surface area contributed by atoms with Gasteiger partial charge in [-0.15, -0.1) is 0 Å². The van der Waals surface area contributed by atoms with Gasteiger partial charge in [0.15, 0.2) is 0 Å². The number of aromatic nitrogens is 3. The van der Waals surface area contributed by atoms with Crippen molar-refractivity contribution in [2.45, 2.75) is 51.0 Å². The first-order chi connectivity index (χ1) is 16.3. The van der Waals surface area contributed by atoms with Crippen LogP contribution in [0.25, 0.3) is 11.4 Å². The summed E-state index contributed by atoms with van der Waals surface area (Å²) in [4.78, 5) is 11.4. The van der Waals surface area contributed by atoms with Gasteiger partial charge in [0, 0.05) is 48.6 Å². The summed E-state index contributed by atoms with van der Waals surface area (Å²) in [7, 11) is 2.08. The Morgan fingerprint density at radius 2 is 1.91 bits per heavy atom. The number of rotatable bonds is 6. The van der Waals surface area contributed by atoms with Gasteiger partial charge in [-0.3, -0.25) is 4.98 Å². The van der Waals surface area contributed by atoms with Crippen LogP contribution in [0.1, 0.15) is 68.0 Å². The van der Waals surface area contributed by atoms with Crippen molar-refractivity contribution in [2.75, 3.05) is 33.4 Å². The molecule has 4 heterocycles. The molecule has 0 aliphatic carbocycles. The summed E-state index contributed by atoms with van der Waals surface area (Å²) in [6.07, 6.45) is 5.47. The van der Waals surface area contributed by atoms with Gasteiger partial charge < -0.3 is 19.3 Å². The molecule has 1 aromatic carbocycles. The van der Waals surface area contributed by atoms with E-state index in [1.54, 1.807) is 12.4 Å². The smallest absolute Gasteiger partial charge is 0.232 e. The number of ether oxygens (including phenoxy) is 1. The third-order valence-corrected chi connectivity index (χ3v) is 7.47. The summed E-state index contributed by atoms with van der Waals surface area (Å²) in [6, 6.07) is 10.3. The van der Waals surface area contributed by atoms with Gasteiger partial charge in [0.2, 0.25) is 11.7 Å². The van der Waals surface area contributed by atoms with Crippen LogP contribution in [0.3, 0.4) is 0 Å². The van der Waals surface area contributed by atoms with Crippen LogP contribution in [-0.4, -0.2) is 58.5 Å². The first-order valence-electron chi connectivity index (χ1n) is 12.2. The molecular weight excluding hydrogens is 428 g/mol. The third-order valence-electron chi connectivity index (χ3n) is 7.47. The molecule has 0 bridgehead atoms. The van der Waals surface area contributed by atoms with Gasteiger partial charge in [0.25, 0.3) is 0 Å². The maximum Gasteiger partial charge on any atom is 0.232 e. The summed E-state index contributed by atoms with van der Waals surface area (Å²) in [6.45, 7) is 9.46. The summed E-state index contributed by atoms with van der Waals surface area (Å²) < 4.78 is 11.2. The largest absolute Gasteiger partial charge is 0.381 e. The van der Waals surface area contributed by atoms with E-state index in [0.29, 0.717) is 24.2 Å². The van der Waals surface area contributed by atoms with E-state index in [9.17, 15) is 5.11 Å². The molecule has 0 saturated carbocycles. The van der Waals surface area contributed by atoms with Crippen LogP contribution >= 0.6 is 0 Å². The highest BCUT2D eigenvalue weighted by Crippen LogP contribution is 2.50. The van der Waals surface area contributed by atoms with Crippen LogP contribution in [0.15, 0.2) is 47.2 Å². The fourth-order valence-electron chi connectivity index (χ4n) is 5.56. The third kappa shape index (κ3) is 3.96. The summed E-state index contributed by atoms with van der Waals surface area (Å²) in [5.41, 5.74) is 2.04. The monoisotopic (exact) mass is 462 g/mol. The molecule has 3 aromatic rings. The Morgan fingerprint density at radius 1 is 1.15 bits per heavy atom. The second-order valence-electron chi connectivity index (χ2n) is 10.6. The Balaban J connectivity index is 1.53. The van der Waals surface area contributed by atoms with Crippen LogP contribution in [0.4, 0.5) is 0 Å². The average molecular weight is 463 g/mol. The predicted octanol–water partition coefficient (Wildman–Crippen LogP) is 4.34. The van der Waals surface area contributed by atoms with Crippen molar-refractivity contribution in [3.05, 3.63) is 65.3 Å². The fourth-order valence-corrected chi connectivity index (χ4v) is 5.56. The van der Waals surface area contributed by atoms with Crippen LogP contribution in [0.2, 0.25) is 0 Å². The molecule has 2 saturated heterocycles. The number of nitrogens with zero attached hydrogens (tertiary/aromatic N) is 4. The molecule has 1 unspecified atom stereocenters. The van der Waals surface area contributed by atoms with E-state index in [1.165, 1.54) is 5.56 Å². The minimum absolute atomic E-state index is 0.131. The molecule has 2 atom stereocenters. The number of aliphatic hydroxyl groups is 1. The van der Waals surface area contributed by atoms with Gasteiger partial charge in [0.05, 0.1) is 12.5 Å². The number of hydrogen-bond donors (Lipinski definition) is 1. The summed E-state index contributed by atoms with van der Waals surface area (Å²) in [5, 5.41) is 16.6. The zero-order chi connectivity index (χ0) is 23.9. The molecule has 7 nitrogen and oxygen atoms in total. The van der Waals surface area contributed by atoms with Crippen molar-refractivity contribution in [3.63, 3.8) is 0 Å². The molecule has 0 amide bonds. The maximum atomic E-state index is 12.4. The molecular formula is C27H34N4O3. The van der Waals surface area contributed by atoms with Crippen LogP contribution < -0.4 is 0 Å². The highest BCUT2D eigenvalue weighted by atomic mass is 16.5. The second kappa shape index (κ2) is 8.87. The van der Waals surface area contributed by atoms with E-state index in [0.717, 1.165) is 49.2 Å². The van der Waals surface area contributed by atoms with Gasteiger partial charge in [-0.25, -0.2) is 0 Å². The Kier molecular flexibility index (Phi) is 6.04. The molecule has 180 valence electrons. The van der Waals surface area contributed by atoms with Crippen molar-refractivity contribution < 1.29 is 14.4 Å². The van der Waals surface area contributed by atoms with Gasteiger partial charge in [-0.2, -0.15) is 4.98 Å². The lowest BCUT2D eigenvalue weighted by atomic mass is 9.62. The Bertz CT molecular complexity index is 1130. The minimum Gasteiger partial charge on any atom is -0.381 e.